The number of likely N-dealkylation sites (N-methyl/N-ethyl adjacent to an activating group) is 1. The van der Waals surface area contributed by atoms with E-state index in [9.17, 15) is 9.59 Å². The van der Waals surface area contributed by atoms with Crippen LogP contribution < -0.4 is 0 Å². The monoisotopic (exact) mass is 304 g/mol. The Morgan fingerprint density at radius 3 is 2.81 bits per heavy atom. The van der Waals surface area contributed by atoms with Crippen molar-refractivity contribution in [1.82, 2.24) is 9.88 Å². The highest BCUT2D eigenvalue weighted by molar-refractivity contribution is 7.13. The zero-order valence-corrected chi connectivity index (χ0v) is 12.7. The van der Waals surface area contributed by atoms with Crippen LogP contribution in [0.3, 0.4) is 0 Å². The van der Waals surface area contributed by atoms with Crippen LogP contribution in [0.25, 0.3) is 10.6 Å². The lowest BCUT2D eigenvalue weighted by atomic mass is 10.1. The Labute approximate surface area is 126 Å². The lowest BCUT2D eigenvalue weighted by Gasteiger charge is -2.13. The van der Waals surface area contributed by atoms with Crippen molar-refractivity contribution in [3.63, 3.8) is 0 Å². The highest BCUT2D eigenvalue weighted by Gasteiger charge is 2.14. The quantitative estimate of drug-likeness (QED) is 0.919. The van der Waals surface area contributed by atoms with Crippen molar-refractivity contribution in [2.24, 2.45) is 0 Å². The van der Waals surface area contributed by atoms with Gasteiger partial charge in [0, 0.05) is 18.0 Å². The molecule has 0 aliphatic rings. The van der Waals surface area contributed by atoms with Gasteiger partial charge in [-0.1, -0.05) is 23.8 Å². The van der Waals surface area contributed by atoms with Gasteiger partial charge >= 0.3 is 5.97 Å². The maximum Gasteiger partial charge on any atom is 0.323 e. The van der Waals surface area contributed by atoms with Crippen molar-refractivity contribution < 1.29 is 14.7 Å². The van der Waals surface area contributed by atoms with Crippen LogP contribution >= 0.6 is 11.3 Å². The third kappa shape index (κ3) is 4.13. The standard InChI is InChI=1S/C15H16N2O3S/c1-10-4-3-5-11(6-10)15-16-12(9-21-15)7-13(18)17(2)8-14(19)20/h3-6,9H,7-8H2,1-2H3,(H,19,20). The van der Waals surface area contributed by atoms with E-state index in [0.717, 1.165) is 16.1 Å². The number of carboxylic acid groups (broad SMARTS) is 1. The zero-order valence-electron chi connectivity index (χ0n) is 11.9. The zero-order chi connectivity index (χ0) is 15.4. The molecule has 0 bridgehead atoms. The Kier molecular flexibility index (Phi) is 4.70. The number of carbonyl (C=O) groups is 2. The number of carboxylic acids is 1. The molecule has 1 amide bonds. The summed E-state index contributed by atoms with van der Waals surface area (Å²) in [5.41, 5.74) is 2.85. The first-order valence-electron chi connectivity index (χ1n) is 6.43. The van der Waals surface area contributed by atoms with Crippen LogP contribution in [-0.2, 0) is 16.0 Å². The molecule has 0 unspecified atom stereocenters. The summed E-state index contributed by atoms with van der Waals surface area (Å²) in [6.07, 6.45) is 0.117. The third-order valence-electron chi connectivity index (χ3n) is 2.95. The molecule has 0 aliphatic heterocycles. The molecular formula is C15H16N2O3S. The minimum absolute atomic E-state index is 0.117. The molecule has 0 saturated carbocycles. The van der Waals surface area contributed by atoms with Crippen molar-refractivity contribution in [2.75, 3.05) is 13.6 Å². The largest absolute Gasteiger partial charge is 0.480 e. The van der Waals surface area contributed by atoms with E-state index in [2.05, 4.69) is 4.98 Å². The van der Waals surface area contributed by atoms with Crippen LogP contribution in [0.4, 0.5) is 0 Å². The Morgan fingerprint density at radius 1 is 1.38 bits per heavy atom. The third-order valence-corrected chi connectivity index (χ3v) is 3.89. The number of rotatable bonds is 5. The lowest BCUT2D eigenvalue weighted by molar-refractivity contribution is -0.143. The molecule has 110 valence electrons. The SMILES string of the molecule is Cc1cccc(-c2nc(CC(=O)N(C)CC(=O)O)cs2)c1. The molecule has 1 heterocycles. The summed E-state index contributed by atoms with van der Waals surface area (Å²) in [6, 6.07) is 8.01. The molecule has 2 aromatic rings. The first-order chi connectivity index (χ1) is 9.95. The van der Waals surface area contributed by atoms with E-state index in [4.69, 9.17) is 5.11 Å². The summed E-state index contributed by atoms with van der Waals surface area (Å²) >= 11 is 1.48. The number of nitrogens with zero attached hydrogens (tertiary/aromatic N) is 2. The van der Waals surface area contributed by atoms with Gasteiger partial charge in [0.05, 0.1) is 12.1 Å². The summed E-state index contributed by atoms with van der Waals surface area (Å²) in [5.74, 6) is -1.27. The Bertz CT molecular complexity index is 666. The first kappa shape index (κ1) is 15.2. The number of hydrogen-bond acceptors (Lipinski definition) is 4. The molecule has 0 saturated heterocycles. The van der Waals surface area contributed by atoms with Crippen molar-refractivity contribution in [2.45, 2.75) is 13.3 Å². The Balaban J connectivity index is 2.07. The van der Waals surface area contributed by atoms with Crippen LogP contribution in [0.5, 0.6) is 0 Å². The minimum Gasteiger partial charge on any atom is -0.480 e. The second-order valence-corrected chi connectivity index (χ2v) is 5.69. The number of thiazole rings is 1. The number of hydrogen-bond donors (Lipinski definition) is 1. The van der Waals surface area contributed by atoms with Crippen LogP contribution in [0.2, 0.25) is 0 Å². The van der Waals surface area contributed by atoms with Gasteiger partial charge in [-0.05, 0) is 13.0 Å². The number of carbonyl (C=O) groups excluding carboxylic acids is 1. The second kappa shape index (κ2) is 6.49. The summed E-state index contributed by atoms with van der Waals surface area (Å²) in [5, 5.41) is 11.4. The van der Waals surface area contributed by atoms with Gasteiger partial charge in [-0.15, -0.1) is 11.3 Å². The van der Waals surface area contributed by atoms with Crippen molar-refractivity contribution >= 4 is 23.2 Å². The van der Waals surface area contributed by atoms with Gasteiger partial charge in [-0.25, -0.2) is 4.98 Å². The molecular weight excluding hydrogens is 288 g/mol. The topological polar surface area (TPSA) is 70.5 Å². The molecule has 1 aromatic heterocycles. The van der Waals surface area contributed by atoms with Crippen LogP contribution in [0.1, 0.15) is 11.3 Å². The molecule has 0 radical (unpaired) electrons. The average Bonchev–Trinajstić information content (AvgIpc) is 2.86. The minimum atomic E-state index is -1.02. The van der Waals surface area contributed by atoms with Gasteiger partial charge < -0.3 is 10.0 Å². The maximum atomic E-state index is 11.9. The summed E-state index contributed by atoms with van der Waals surface area (Å²) in [4.78, 5) is 28.1. The molecule has 2 rings (SSSR count). The van der Waals surface area contributed by atoms with Crippen LogP contribution in [0.15, 0.2) is 29.6 Å². The summed E-state index contributed by atoms with van der Waals surface area (Å²) < 4.78 is 0. The second-order valence-electron chi connectivity index (χ2n) is 4.83. The van der Waals surface area contributed by atoms with E-state index >= 15 is 0 Å². The number of benzene rings is 1. The Morgan fingerprint density at radius 2 is 2.14 bits per heavy atom. The maximum absolute atomic E-state index is 11.9. The van der Waals surface area contributed by atoms with Gasteiger partial charge in [-0.3, -0.25) is 9.59 Å². The number of aliphatic carboxylic acids is 1. The van der Waals surface area contributed by atoms with E-state index in [1.807, 2.05) is 36.6 Å². The molecule has 1 aromatic carbocycles. The molecule has 6 heteroatoms. The molecule has 0 spiro atoms. The molecule has 5 nitrogen and oxygen atoms in total. The van der Waals surface area contributed by atoms with Gasteiger partial charge in [-0.2, -0.15) is 0 Å². The highest BCUT2D eigenvalue weighted by atomic mass is 32.1. The van der Waals surface area contributed by atoms with Gasteiger partial charge in [0.1, 0.15) is 11.6 Å². The summed E-state index contributed by atoms with van der Waals surface area (Å²) in [7, 11) is 1.48. The van der Waals surface area contributed by atoms with Crippen LogP contribution in [0, 0.1) is 6.92 Å². The molecule has 0 fully saturated rings. The van der Waals surface area contributed by atoms with Gasteiger partial charge in [0.2, 0.25) is 5.91 Å². The fourth-order valence-electron chi connectivity index (χ4n) is 1.88. The van der Waals surface area contributed by atoms with E-state index in [0.29, 0.717) is 5.69 Å². The molecule has 0 atom stereocenters. The number of aryl methyl sites for hydroxylation is 1. The highest BCUT2D eigenvalue weighted by Crippen LogP contribution is 2.24. The van der Waals surface area contributed by atoms with Crippen LogP contribution in [-0.4, -0.2) is 40.5 Å². The van der Waals surface area contributed by atoms with E-state index in [1.165, 1.54) is 23.3 Å². The summed E-state index contributed by atoms with van der Waals surface area (Å²) in [6.45, 7) is 1.72. The number of aromatic nitrogens is 1. The van der Waals surface area contributed by atoms with E-state index in [-0.39, 0.29) is 18.9 Å². The Hall–Kier alpha value is -2.21. The predicted octanol–water partition coefficient (Wildman–Crippen LogP) is 2.20. The van der Waals surface area contributed by atoms with Gasteiger partial charge in [0.15, 0.2) is 0 Å². The molecule has 21 heavy (non-hydrogen) atoms. The molecule has 1 N–H and O–H groups in total. The van der Waals surface area contributed by atoms with E-state index in [1.54, 1.807) is 0 Å². The van der Waals surface area contributed by atoms with Crippen molar-refractivity contribution in [3.8, 4) is 10.6 Å². The fourth-order valence-corrected chi connectivity index (χ4v) is 2.70. The normalized spacial score (nSPS) is 10.4. The van der Waals surface area contributed by atoms with E-state index < -0.39 is 5.97 Å². The van der Waals surface area contributed by atoms with Crippen molar-refractivity contribution in [1.29, 1.82) is 0 Å². The average molecular weight is 304 g/mol. The first-order valence-corrected chi connectivity index (χ1v) is 7.31. The van der Waals surface area contributed by atoms with Gasteiger partial charge in [0.25, 0.3) is 0 Å². The lowest BCUT2D eigenvalue weighted by Crippen LogP contribution is -2.33. The fraction of sp³-hybridized carbons (Fsp3) is 0.267. The number of amides is 1. The van der Waals surface area contributed by atoms with Crippen molar-refractivity contribution in [3.05, 3.63) is 40.9 Å². The predicted molar refractivity (Wildman–Crippen MR) is 81.3 cm³/mol. The molecule has 0 aliphatic carbocycles. The smallest absolute Gasteiger partial charge is 0.323 e.